The van der Waals surface area contributed by atoms with Gasteiger partial charge >= 0.3 is 0 Å². The Labute approximate surface area is 87.7 Å². The van der Waals surface area contributed by atoms with Gasteiger partial charge < -0.3 is 0 Å². The number of rotatable bonds is 3. The molecule has 12 heavy (non-hydrogen) atoms. The summed E-state index contributed by atoms with van der Waals surface area (Å²) in [5.41, 5.74) is 0. The topological polar surface area (TPSA) is 3.24 Å². The molecule has 1 nitrogen and oxygen atoms in total. The minimum Gasteiger partial charge on any atom is -0.298 e. The number of nitrogens with zero attached hydrogens (tertiary/aromatic N) is 1. The maximum atomic E-state index is 3.86. The Balaban J connectivity index is 2.21. The fraction of sp³-hybridized carbons (Fsp3) is 0.778. The van der Waals surface area contributed by atoms with Crippen LogP contribution >= 0.6 is 27.7 Å². The maximum absolute atomic E-state index is 3.86. The van der Waals surface area contributed by atoms with Crippen molar-refractivity contribution in [3.05, 3.63) is 11.1 Å². The highest BCUT2D eigenvalue weighted by molar-refractivity contribution is 9.11. The number of hydrogen-bond donors (Lipinski definition) is 0. The van der Waals surface area contributed by atoms with Gasteiger partial charge in [0.15, 0.2) is 0 Å². The highest BCUT2D eigenvalue weighted by Gasteiger charge is 2.17. The molecule has 0 amide bonds. The van der Waals surface area contributed by atoms with Gasteiger partial charge in [-0.05, 0) is 32.2 Å². The van der Waals surface area contributed by atoms with Crippen LogP contribution in [0.4, 0.5) is 0 Å². The summed E-state index contributed by atoms with van der Waals surface area (Å²) in [5, 5.41) is 0.893. The van der Waals surface area contributed by atoms with Crippen molar-refractivity contribution < 1.29 is 0 Å². The lowest BCUT2D eigenvalue weighted by Gasteiger charge is -2.30. The number of piperidine rings is 1. The van der Waals surface area contributed by atoms with Gasteiger partial charge in [0.1, 0.15) is 0 Å². The van der Waals surface area contributed by atoms with E-state index in [-0.39, 0.29) is 0 Å². The van der Waals surface area contributed by atoms with Crippen molar-refractivity contribution in [3.63, 3.8) is 0 Å². The molecule has 3 heteroatoms. The van der Waals surface area contributed by atoms with Gasteiger partial charge in [-0.2, -0.15) is 11.8 Å². The fourth-order valence-electron chi connectivity index (χ4n) is 1.55. The minimum atomic E-state index is 0.893. The predicted molar refractivity (Wildman–Crippen MR) is 61.0 cm³/mol. The van der Waals surface area contributed by atoms with Crippen LogP contribution in [-0.4, -0.2) is 36.0 Å². The van der Waals surface area contributed by atoms with E-state index < -0.39 is 0 Å². The van der Waals surface area contributed by atoms with Gasteiger partial charge in [-0.15, -0.1) is 0 Å². The molecular weight excluding hydrogens is 234 g/mol. The minimum absolute atomic E-state index is 0.893. The monoisotopic (exact) mass is 249 g/mol. The van der Waals surface area contributed by atoms with Crippen LogP contribution in [0.3, 0.4) is 0 Å². The molecule has 1 rings (SSSR count). The van der Waals surface area contributed by atoms with Gasteiger partial charge in [0, 0.05) is 16.3 Å². The molecule has 1 fully saturated rings. The van der Waals surface area contributed by atoms with Gasteiger partial charge in [-0.25, -0.2) is 0 Å². The van der Waals surface area contributed by atoms with Crippen molar-refractivity contribution in [1.82, 2.24) is 4.90 Å². The third kappa shape index (κ3) is 3.50. The Morgan fingerprint density at radius 2 is 2.17 bits per heavy atom. The lowest BCUT2D eigenvalue weighted by molar-refractivity contribution is 0.255. The van der Waals surface area contributed by atoms with Gasteiger partial charge in [-0.1, -0.05) is 22.5 Å². The van der Waals surface area contributed by atoms with Crippen LogP contribution in [0, 0.1) is 0 Å². The molecule has 1 heterocycles. The molecule has 0 unspecified atom stereocenters. The van der Waals surface area contributed by atoms with E-state index in [2.05, 4.69) is 33.7 Å². The van der Waals surface area contributed by atoms with Gasteiger partial charge in [0.2, 0.25) is 0 Å². The predicted octanol–water partition coefficient (Wildman–Crippen LogP) is 2.72. The molecule has 0 aromatic rings. The molecular formula is C9H16BrNS. The molecule has 1 saturated heterocycles. The number of likely N-dealkylation sites (tertiary alicyclic amines) is 1. The fourth-order valence-corrected chi connectivity index (χ4v) is 2.58. The Morgan fingerprint density at radius 1 is 1.58 bits per heavy atom. The molecule has 0 N–H and O–H groups in total. The number of thioether (sulfide) groups is 1. The van der Waals surface area contributed by atoms with Crippen molar-refractivity contribution in [2.45, 2.75) is 18.1 Å². The van der Waals surface area contributed by atoms with Crippen LogP contribution in [0.1, 0.15) is 12.8 Å². The van der Waals surface area contributed by atoms with E-state index in [0.717, 1.165) is 16.3 Å². The van der Waals surface area contributed by atoms with E-state index in [4.69, 9.17) is 0 Å². The smallest absolute Gasteiger partial charge is 0.0293 e. The second-order valence-corrected chi connectivity index (χ2v) is 5.49. The summed E-state index contributed by atoms with van der Waals surface area (Å²) in [4.78, 5) is 2.46. The van der Waals surface area contributed by atoms with Gasteiger partial charge in [-0.3, -0.25) is 4.90 Å². The Morgan fingerprint density at radius 3 is 2.58 bits per heavy atom. The second kappa shape index (κ2) is 5.30. The molecule has 70 valence electrons. The summed E-state index contributed by atoms with van der Waals surface area (Å²) < 4.78 is 1.10. The van der Waals surface area contributed by atoms with E-state index in [9.17, 15) is 0 Å². The summed E-state index contributed by atoms with van der Waals surface area (Å²) >= 11 is 5.41. The van der Waals surface area contributed by atoms with Crippen LogP contribution in [0.15, 0.2) is 11.1 Å². The summed E-state index contributed by atoms with van der Waals surface area (Å²) in [6.07, 6.45) is 4.88. The Bertz CT molecular complexity index is 153. The SMILES string of the molecule is C=C(Br)CN1CCC(SC)CC1. The average Bonchev–Trinajstić information content (AvgIpc) is 2.05. The molecule has 0 atom stereocenters. The molecule has 1 aliphatic rings. The van der Waals surface area contributed by atoms with Crippen LogP contribution in [0.5, 0.6) is 0 Å². The van der Waals surface area contributed by atoms with Crippen molar-refractivity contribution in [1.29, 1.82) is 0 Å². The van der Waals surface area contributed by atoms with E-state index in [1.54, 1.807) is 0 Å². The normalized spacial score (nSPS) is 21.2. The zero-order valence-electron chi connectivity index (χ0n) is 7.55. The number of halogens is 1. The summed E-state index contributed by atoms with van der Waals surface area (Å²) in [6.45, 7) is 7.34. The third-order valence-corrected chi connectivity index (χ3v) is 3.65. The molecule has 0 bridgehead atoms. The second-order valence-electron chi connectivity index (χ2n) is 3.23. The van der Waals surface area contributed by atoms with Gasteiger partial charge in [0.05, 0.1) is 0 Å². The van der Waals surface area contributed by atoms with E-state index in [1.165, 1.54) is 25.9 Å². The van der Waals surface area contributed by atoms with Crippen molar-refractivity contribution in [2.24, 2.45) is 0 Å². The molecule has 0 saturated carbocycles. The Hall–Kier alpha value is 0.530. The van der Waals surface area contributed by atoms with Crippen molar-refractivity contribution >= 4 is 27.7 Å². The molecule has 0 aromatic heterocycles. The number of hydrogen-bond acceptors (Lipinski definition) is 2. The van der Waals surface area contributed by atoms with Crippen LogP contribution in [-0.2, 0) is 0 Å². The molecule has 1 aliphatic heterocycles. The van der Waals surface area contributed by atoms with E-state index >= 15 is 0 Å². The lowest BCUT2D eigenvalue weighted by Crippen LogP contribution is -2.35. The Kier molecular flexibility index (Phi) is 4.69. The summed E-state index contributed by atoms with van der Waals surface area (Å²) in [6, 6.07) is 0. The first kappa shape index (κ1) is 10.6. The maximum Gasteiger partial charge on any atom is 0.0293 e. The van der Waals surface area contributed by atoms with Crippen LogP contribution < -0.4 is 0 Å². The first-order chi connectivity index (χ1) is 5.72. The van der Waals surface area contributed by atoms with E-state index in [1.807, 2.05) is 11.8 Å². The molecule has 0 radical (unpaired) electrons. The van der Waals surface area contributed by atoms with Crippen LogP contribution in [0.2, 0.25) is 0 Å². The van der Waals surface area contributed by atoms with Crippen molar-refractivity contribution in [3.8, 4) is 0 Å². The zero-order chi connectivity index (χ0) is 8.97. The molecule has 0 spiro atoms. The first-order valence-corrected chi connectivity index (χ1v) is 6.39. The molecule has 0 aromatic carbocycles. The highest BCUT2D eigenvalue weighted by atomic mass is 79.9. The highest BCUT2D eigenvalue weighted by Crippen LogP contribution is 2.21. The van der Waals surface area contributed by atoms with E-state index in [0.29, 0.717) is 0 Å². The average molecular weight is 250 g/mol. The third-order valence-electron chi connectivity index (χ3n) is 2.26. The molecule has 0 aliphatic carbocycles. The lowest BCUT2D eigenvalue weighted by atomic mass is 10.1. The standard InChI is InChI=1S/C9H16BrNS/c1-8(10)7-11-5-3-9(12-2)4-6-11/h9H,1,3-7H2,2H3. The van der Waals surface area contributed by atoms with Gasteiger partial charge in [0.25, 0.3) is 0 Å². The zero-order valence-corrected chi connectivity index (χ0v) is 9.96. The summed E-state index contributed by atoms with van der Waals surface area (Å²) in [7, 11) is 0. The van der Waals surface area contributed by atoms with Crippen LogP contribution in [0.25, 0.3) is 0 Å². The quantitative estimate of drug-likeness (QED) is 0.757. The van der Waals surface area contributed by atoms with Crippen molar-refractivity contribution in [2.75, 3.05) is 25.9 Å². The largest absolute Gasteiger partial charge is 0.298 e. The first-order valence-electron chi connectivity index (χ1n) is 4.31. The summed E-state index contributed by atoms with van der Waals surface area (Å²) in [5.74, 6) is 0.